The van der Waals surface area contributed by atoms with Crippen molar-refractivity contribution < 1.29 is 14.9 Å². The van der Waals surface area contributed by atoms with Crippen molar-refractivity contribution in [3.05, 3.63) is 29.3 Å². The molecule has 2 saturated carbocycles. The van der Waals surface area contributed by atoms with Crippen LogP contribution >= 0.6 is 0 Å². The molecule has 0 spiro atoms. The van der Waals surface area contributed by atoms with Crippen LogP contribution in [0.15, 0.2) is 18.2 Å². The minimum Gasteiger partial charge on any atom is -0.508 e. The van der Waals surface area contributed by atoms with Crippen molar-refractivity contribution in [3.63, 3.8) is 0 Å². The molecule has 0 amide bonds. The van der Waals surface area contributed by atoms with Crippen molar-refractivity contribution in [3.8, 4) is 18.1 Å². The molecule has 3 aliphatic carbocycles. The lowest BCUT2D eigenvalue weighted by Gasteiger charge is -2.54. The third kappa shape index (κ3) is 1.93. The number of phenols is 1. The first kappa shape index (κ1) is 16.0. The van der Waals surface area contributed by atoms with Gasteiger partial charge in [0.1, 0.15) is 11.4 Å². The van der Waals surface area contributed by atoms with E-state index in [1.807, 2.05) is 6.07 Å². The Bertz CT molecular complexity index is 706. The summed E-state index contributed by atoms with van der Waals surface area (Å²) in [7, 11) is 1.77. The van der Waals surface area contributed by atoms with Crippen molar-refractivity contribution in [2.45, 2.75) is 56.7 Å². The van der Waals surface area contributed by atoms with Gasteiger partial charge in [-0.1, -0.05) is 18.9 Å². The standard InChI is InChI=1S/C21H26O3/c1-4-21(23)10-9-17-16-7-5-13-11-14(22)6-8-15(13)19(16)18(24-3)12-20(17,21)2/h1,6,8,11,16-19,22-23H,5,7,9-10,12H2,2-3H3/t16?,17?,18-,19?,20-,21-/m0/s1. The number of phenolic OH excluding ortho intramolecular Hbond substituents is 1. The zero-order chi connectivity index (χ0) is 17.1. The van der Waals surface area contributed by atoms with E-state index in [0.29, 0.717) is 29.9 Å². The predicted octanol–water partition coefficient (Wildman–Crippen LogP) is 3.24. The van der Waals surface area contributed by atoms with Crippen LogP contribution in [0.4, 0.5) is 0 Å². The van der Waals surface area contributed by atoms with Gasteiger partial charge >= 0.3 is 0 Å². The quantitative estimate of drug-likeness (QED) is 0.779. The Balaban J connectivity index is 1.80. The zero-order valence-electron chi connectivity index (χ0n) is 14.5. The fourth-order valence-electron chi connectivity index (χ4n) is 6.09. The molecule has 3 nitrogen and oxygen atoms in total. The van der Waals surface area contributed by atoms with Gasteiger partial charge in [0.15, 0.2) is 0 Å². The Morgan fingerprint density at radius 3 is 2.83 bits per heavy atom. The molecule has 0 heterocycles. The van der Waals surface area contributed by atoms with Crippen molar-refractivity contribution in [1.29, 1.82) is 0 Å². The summed E-state index contributed by atoms with van der Waals surface area (Å²) in [5.41, 5.74) is 1.26. The first-order chi connectivity index (χ1) is 11.4. The second-order valence-electron chi connectivity index (χ2n) is 8.16. The van der Waals surface area contributed by atoms with E-state index in [4.69, 9.17) is 11.2 Å². The minimum atomic E-state index is -1.02. The summed E-state index contributed by atoms with van der Waals surface area (Å²) >= 11 is 0. The van der Waals surface area contributed by atoms with Crippen LogP contribution in [0.1, 0.15) is 49.7 Å². The summed E-state index contributed by atoms with van der Waals surface area (Å²) in [5.74, 6) is 4.29. The first-order valence-corrected chi connectivity index (χ1v) is 8.98. The summed E-state index contributed by atoms with van der Waals surface area (Å²) in [6.45, 7) is 2.17. The average molecular weight is 326 g/mol. The molecule has 0 saturated heterocycles. The van der Waals surface area contributed by atoms with E-state index in [9.17, 15) is 10.2 Å². The lowest BCUT2D eigenvalue weighted by atomic mass is 9.52. The van der Waals surface area contributed by atoms with Gasteiger partial charge in [0.25, 0.3) is 0 Å². The van der Waals surface area contributed by atoms with Crippen LogP contribution in [0.3, 0.4) is 0 Å². The number of terminal acetylenes is 1. The molecule has 3 unspecified atom stereocenters. The largest absolute Gasteiger partial charge is 0.508 e. The van der Waals surface area contributed by atoms with E-state index in [0.717, 1.165) is 25.7 Å². The van der Waals surface area contributed by atoms with Gasteiger partial charge in [-0.05, 0) is 67.2 Å². The highest BCUT2D eigenvalue weighted by molar-refractivity contribution is 5.41. The van der Waals surface area contributed by atoms with Crippen molar-refractivity contribution in [2.75, 3.05) is 7.11 Å². The van der Waals surface area contributed by atoms with Crippen molar-refractivity contribution in [1.82, 2.24) is 0 Å². The van der Waals surface area contributed by atoms with Crippen LogP contribution in [0, 0.1) is 29.6 Å². The van der Waals surface area contributed by atoms with Gasteiger partial charge in [-0.25, -0.2) is 0 Å². The predicted molar refractivity (Wildman–Crippen MR) is 92.7 cm³/mol. The highest BCUT2D eigenvalue weighted by Gasteiger charge is 2.63. The van der Waals surface area contributed by atoms with Gasteiger partial charge < -0.3 is 14.9 Å². The van der Waals surface area contributed by atoms with Gasteiger partial charge in [0, 0.05) is 18.4 Å². The van der Waals surface area contributed by atoms with E-state index < -0.39 is 5.60 Å². The van der Waals surface area contributed by atoms with Crippen LogP contribution < -0.4 is 0 Å². The van der Waals surface area contributed by atoms with Crippen LogP contribution in [0.2, 0.25) is 0 Å². The molecule has 0 bridgehead atoms. The van der Waals surface area contributed by atoms with Gasteiger partial charge in [-0.3, -0.25) is 0 Å². The molecule has 0 aliphatic heterocycles. The maximum Gasteiger partial charge on any atom is 0.130 e. The van der Waals surface area contributed by atoms with Crippen molar-refractivity contribution in [2.24, 2.45) is 17.3 Å². The number of methoxy groups -OCH3 is 1. The fraction of sp³-hybridized carbons (Fsp3) is 0.619. The van der Waals surface area contributed by atoms with Gasteiger partial charge in [0.2, 0.25) is 0 Å². The second kappa shape index (κ2) is 5.25. The number of ether oxygens (including phenoxy) is 1. The Hall–Kier alpha value is -1.50. The highest BCUT2D eigenvalue weighted by Crippen LogP contribution is 2.64. The number of aryl methyl sites for hydroxylation is 1. The Kier molecular flexibility index (Phi) is 3.50. The number of fused-ring (bicyclic) bond motifs is 5. The molecule has 2 N–H and O–H groups in total. The Morgan fingerprint density at radius 2 is 2.12 bits per heavy atom. The van der Waals surface area contributed by atoms with Crippen LogP contribution in [-0.2, 0) is 11.2 Å². The summed E-state index contributed by atoms with van der Waals surface area (Å²) in [5, 5.41) is 20.9. The topological polar surface area (TPSA) is 49.7 Å². The number of hydrogen-bond donors (Lipinski definition) is 2. The smallest absolute Gasteiger partial charge is 0.130 e. The number of rotatable bonds is 1. The molecule has 6 atom stereocenters. The first-order valence-electron chi connectivity index (χ1n) is 8.98. The van der Waals surface area contributed by atoms with Gasteiger partial charge in [-0.15, -0.1) is 6.42 Å². The molecule has 24 heavy (non-hydrogen) atoms. The summed E-state index contributed by atoms with van der Waals surface area (Å²) in [6.07, 6.45) is 10.3. The van der Waals surface area contributed by atoms with E-state index in [2.05, 4.69) is 18.9 Å². The van der Waals surface area contributed by atoms with Crippen LogP contribution in [0.5, 0.6) is 5.75 Å². The van der Waals surface area contributed by atoms with Crippen LogP contribution in [-0.4, -0.2) is 29.0 Å². The van der Waals surface area contributed by atoms with Gasteiger partial charge in [-0.2, -0.15) is 0 Å². The lowest BCUT2D eigenvalue weighted by molar-refractivity contribution is -0.116. The number of benzene rings is 1. The van der Waals surface area contributed by atoms with E-state index in [-0.39, 0.29) is 11.5 Å². The van der Waals surface area contributed by atoms with E-state index in [1.165, 1.54) is 11.1 Å². The third-order valence-corrected chi connectivity index (χ3v) is 7.36. The van der Waals surface area contributed by atoms with Crippen LogP contribution in [0.25, 0.3) is 0 Å². The molecule has 1 aromatic carbocycles. The average Bonchev–Trinajstić information content (AvgIpc) is 2.85. The number of aromatic hydroxyl groups is 1. The maximum atomic E-state index is 11.1. The summed E-state index contributed by atoms with van der Waals surface area (Å²) in [4.78, 5) is 0. The monoisotopic (exact) mass is 326 g/mol. The Morgan fingerprint density at radius 1 is 1.33 bits per heavy atom. The maximum absolute atomic E-state index is 11.1. The highest BCUT2D eigenvalue weighted by atomic mass is 16.5. The molecule has 0 radical (unpaired) electrons. The summed E-state index contributed by atoms with van der Waals surface area (Å²) < 4.78 is 5.92. The van der Waals surface area contributed by atoms with Crippen molar-refractivity contribution >= 4 is 0 Å². The summed E-state index contributed by atoms with van der Waals surface area (Å²) in [6, 6.07) is 5.76. The third-order valence-electron chi connectivity index (χ3n) is 7.36. The lowest BCUT2D eigenvalue weighted by Crippen LogP contribution is -2.54. The molecule has 128 valence electrons. The van der Waals surface area contributed by atoms with Gasteiger partial charge in [0.05, 0.1) is 6.10 Å². The Labute approximate surface area is 144 Å². The molecule has 0 aromatic heterocycles. The second-order valence-corrected chi connectivity index (χ2v) is 8.16. The SMILES string of the molecule is C#C[C@]1(O)CCC2C3CCc4cc(O)ccc4C3[C@@H](OC)C[C@@]21C. The number of hydrogen-bond acceptors (Lipinski definition) is 3. The molecular formula is C21H26O3. The normalized spacial score (nSPS) is 43.4. The minimum absolute atomic E-state index is 0.0535. The number of aliphatic hydroxyl groups is 1. The molecule has 4 rings (SSSR count). The molecule has 3 aliphatic rings. The molecular weight excluding hydrogens is 300 g/mol. The van der Waals surface area contributed by atoms with E-state index >= 15 is 0 Å². The molecule has 3 heteroatoms. The fourth-order valence-corrected chi connectivity index (χ4v) is 6.09. The molecule has 2 fully saturated rings. The zero-order valence-corrected chi connectivity index (χ0v) is 14.5. The van der Waals surface area contributed by atoms with E-state index in [1.54, 1.807) is 13.2 Å². The molecule has 1 aromatic rings.